The van der Waals surface area contributed by atoms with E-state index in [2.05, 4.69) is 23.8 Å². The van der Waals surface area contributed by atoms with E-state index in [0.29, 0.717) is 22.6 Å². The van der Waals surface area contributed by atoms with Crippen LogP contribution in [-0.2, 0) is 29.7 Å². The summed E-state index contributed by atoms with van der Waals surface area (Å²) in [4.78, 5) is 29.6. The first kappa shape index (κ1) is 41.6. The van der Waals surface area contributed by atoms with Gasteiger partial charge in [0.05, 0.1) is 37.4 Å². The predicted octanol–water partition coefficient (Wildman–Crippen LogP) is -5.07. The number of carbonyl (C=O) groups excluding carboxylic acids is 2. The maximum atomic E-state index is 13.6. The van der Waals surface area contributed by atoms with Gasteiger partial charge in [-0.3, -0.25) is 9.59 Å². The Morgan fingerprint density at radius 2 is 1.10 bits per heavy atom. The third-order valence-corrected chi connectivity index (χ3v) is 11.1. The molecule has 6 atom stereocenters. The van der Waals surface area contributed by atoms with E-state index in [9.17, 15) is 35.5 Å². The van der Waals surface area contributed by atoms with Crippen molar-refractivity contribution in [2.45, 2.75) is 41.5 Å². The van der Waals surface area contributed by atoms with E-state index >= 15 is 0 Å². The fourth-order valence-corrected chi connectivity index (χ4v) is 8.59. The molecule has 6 rings (SSSR count). The van der Waals surface area contributed by atoms with Crippen molar-refractivity contribution >= 4 is 43.4 Å². The van der Waals surface area contributed by atoms with Crippen molar-refractivity contribution in [3.8, 4) is 11.5 Å². The maximum Gasteiger partial charge on any atom is 1.00 e. The second-order valence-electron chi connectivity index (χ2n) is 12.0. The van der Waals surface area contributed by atoms with Gasteiger partial charge in [-0.05, 0) is 54.0 Å². The van der Waals surface area contributed by atoms with Gasteiger partial charge in [0.2, 0.25) is 0 Å². The number of ether oxygens (including phenoxy) is 4. The number of hydrogen-bond acceptors (Lipinski definition) is 14. The van der Waals surface area contributed by atoms with Crippen LogP contribution in [0.4, 0.5) is 11.4 Å². The summed E-state index contributed by atoms with van der Waals surface area (Å²) in [5.41, 5.74) is 1.30. The molecule has 2 aromatic rings. The van der Waals surface area contributed by atoms with Gasteiger partial charge < -0.3 is 48.5 Å². The fraction of sp³-hybridized carbons (Fsp3) is 0.419. The van der Waals surface area contributed by atoms with Crippen LogP contribution in [0.5, 0.6) is 11.5 Å². The molecule has 16 nitrogen and oxygen atoms in total. The number of anilines is 2. The average Bonchev–Trinajstić information content (AvgIpc) is 3.46. The molecule has 264 valence electrons. The summed E-state index contributed by atoms with van der Waals surface area (Å²) < 4.78 is 97.5. The van der Waals surface area contributed by atoms with Crippen LogP contribution < -0.4 is 79.2 Å². The molecule has 0 saturated carbocycles. The summed E-state index contributed by atoms with van der Waals surface area (Å²) in [7, 11) is -7.19. The van der Waals surface area contributed by atoms with Crippen molar-refractivity contribution in [2.75, 3.05) is 51.2 Å². The van der Waals surface area contributed by atoms with Crippen molar-refractivity contribution in [3.05, 3.63) is 71.8 Å². The molecule has 0 bridgehead atoms. The van der Waals surface area contributed by atoms with Gasteiger partial charge in [-0.1, -0.05) is 13.2 Å². The molecule has 2 N–H and O–H groups in total. The zero-order valence-electron chi connectivity index (χ0n) is 28.5. The molecule has 4 aliphatic rings. The number of nitrogens with zero attached hydrogens (tertiary/aromatic N) is 2. The van der Waals surface area contributed by atoms with Crippen molar-refractivity contribution in [2.24, 2.45) is 0 Å². The van der Waals surface area contributed by atoms with E-state index < -0.39 is 67.1 Å². The summed E-state index contributed by atoms with van der Waals surface area (Å²) in [6.07, 6.45) is -1.89. The fourth-order valence-electron chi connectivity index (χ4n) is 6.79. The third kappa shape index (κ3) is 8.02. The Morgan fingerprint density at radius 1 is 0.725 bits per heavy atom. The summed E-state index contributed by atoms with van der Waals surface area (Å²) in [6.45, 7) is 7.73. The molecule has 2 aromatic carbocycles. The van der Waals surface area contributed by atoms with Gasteiger partial charge in [0, 0.05) is 37.7 Å². The molecule has 0 radical (unpaired) electrons. The number of carbonyl (C=O) groups is 2. The summed E-state index contributed by atoms with van der Waals surface area (Å²) in [5.74, 6) is -0.346. The molecule has 4 heterocycles. The van der Waals surface area contributed by atoms with Crippen LogP contribution in [-0.4, -0.2) is 123 Å². The number of rotatable bonds is 10. The van der Waals surface area contributed by atoms with Crippen molar-refractivity contribution in [3.63, 3.8) is 0 Å². The molecule has 0 aliphatic carbocycles. The van der Waals surface area contributed by atoms with Crippen LogP contribution in [0.15, 0.2) is 60.7 Å². The van der Waals surface area contributed by atoms with E-state index in [4.69, 9.17) is 18.9 Å². The largest absolute Gasteiger partial charge is 1.00 e. The smallest absolute Gasteiger partial charge is 0.746 e. The van der Waals surface area contributed by atoms with E-state index in [0.717, 1.165) is 0 Å². The summed E-state index contributed by atoms with van der Waals surface area (Å²) in [6, 6.07) is 6.39. The Kier molecular flexibility index (Phi) is 13.1. The number of methoxy groups -OCH3 is 2. The molecule has 2 saturated heterocycles. The summed E-state index contributed by atoms with van der Waals surface area (Å²) in [5, 5.41) is 1.92. The molecule has 0 spiro atoms. The third-order valence-electron chi connectivity index (χ3n) is 9.05. The zero-order valence-corrected chi connectivity index (χ0v) is 34.1. The van der Waals surface area contributed by atoms with E-state index in [1.165, 1.54) is 60.4 Å². The number of benzene rings is 2. The first-order valence-electron chi connectivity index (χ1n) is 15.1. The van der Waals surface area contributed by atoms with Crippen LogP contribution in [0.2, 0.25) is 0 Å². The molecule has 51 heavy (non-hydrogen) atoms. The molecule has 4 aliphatic heterocycles. The van der Waals surface area contributed by atoms with Crippen LogP contribution >= 0.6 is 0 Å². The second kappa shape index (κ2) is 16.0. The van der Waals surface area contributed by atoms with Gasteiger partial charge in [-0.15, -0.1) is 0 Å². The van der Waals surface area contributed by atoms with Gasteiger partial charge in [0.1, 0.15) is 54.7 Å². The van der Waals surface area contributed by atoms with Crippen molar-refractivity contribution in [1.82, 2.24) is 9.80 Å². The Labute approximate surface area is 340 Å². The minimum absolute atomic E-state index is 0. The maximum absolute atomic E-state index is 13.6. The zero-order chi connectivity index (χ0) is 35.4. The standard InChI is InChI=1S/C31H36N4O12S2.2Na/c1-16-14-34-24(28(48(38,39)40)32-22-8-6-18(44-3)12-20(22)30(34)36)26(16)46-10-5-11-47-27-17(2)15-35-25(27)29(49(41,42)43)33-23-9-7-19(45-4)13-21(23)31(35)37;;/h6-9,12-13,24-29,32-33H,1-2,5,10-11,14-15H2,3-4H3,(H,38,39,40)(H,41,42,43);;/q;2*+1/p-2/t24-,25?,26?,27?,28?,29?;;/m0../s1. The monoisotopic (exact) mass is 764 g/mol. The number of nitrogens with one attached hydrogen (secondary N) is 2. The van der Waals surface area contributed by atoms with Crippen molar-refractivity contribution < 1.29 is 114 Å². The first-order chi connectivity index (χ1) is 23.1. The van der Waals surface area contributed by atoms with Crippen LogP contribution in [0.25, 0.3) is 0 Å². The minimum Gasteiger partial charge on any atom is -0.746 e. The molecular formula is C31H34N4Na2O12S2. The van der Waals surface area contributed by atoms with Crippen LogP contribution in [0.3, 0.4) is 0 Å². The average molecular weight is 765 g/mol. The Hall–Kier alpha value is -2.20. The van der Waals surface area contributed by atoms with Gasteiger partial charge >= 0.3 is 59.1 Å². The number of fused-ring (bicyclic) bond motifs is 4. The SMILES string of the molecule is C=C1CN2C(=O)c3cc(OC)ccc3NC(S(=O)(=O)[O-])C2C1OCCCOC1C(=C)CN2C(=O)c3cc(OC)ccc3NC(S(=O)(=O)[O-])[C@H]12.[Na+].[Na+]. The van der Waals surface area contributed by atoms with E-state index in [-0.39, 0.29) is 114 Å². The Bertz CT molecular complexity index is 1810. The van der Waals surface area contributed by atoms with Gasteiger partial charge in [-0.25, -0.2) is 16.8 Å². The molecule has 2 amide bonds. The van der Waals surface area contributed by atoms with Gasteiger partial charge in [-0.2, -0.15) is 0 Å². The van der Waals surface area contributed by atoms with E-state index in [1.807, 2.05) is 0 Å². The van der Waals surface area contributed by atoms with Gasteiger partial charge in [0.15, 0.2) is 0 Å². The van der Waals surface area contributed by atoms with E-state index in [1.54, 1.807) is 0 Å². The Balaban J connectivity index is 0.00000292. The van der Waals surface area contributed by atoms with Crippen LogP contribution in [0, 0.1) is 0 Å². The topological polar surface area (TPSA) is 216 Å². The predicted molar refractivity (Wildman–Crippen MR) is 172 cm³/mol. The second-order valence-corrected chi connectivity index (χ2v) is 15.0. The minimum atomic E-state index is -5.02. The molecule has 20 heteroatoms. The number of hydrogen-bond donors (Lipinski definition) is 2. The van der Waals surface area contributed by atoms with Gasteiger partial charge in [0.25, 0.3) is 11.8 Å². The summed E-state index contributed by atoms with van der Waals surface area (Å²) >= 11 is 0. The molecular weight excluding hydrogens is 730 g/mol. The molecule has 5 unspecified atom stereocenters. The quantitative estimate of drug-likeness (QED) is 0.100. The number of amides is 2. The Morgan fingerprint density at radius 3 is 1.43 bits per heavy atom. The normalized spacial score (nSPS) is 25.5. The molecule has 0 aromatic heterocycles. The molecule has 2 fully saturated rings. The van der Waals surface area contributed by atoms with Crippen LogP contribution in [0.1, 0.15) is 27.1 Å². The first-order valence-corrected chi connectivity index (χ1v) is 18.1. The van der Waals surface area contributed by atoms with Crippen molar-refractivity contribution in [1.29, 1.82) is 0 Å².